The van der Waals surface area contributed by atoms with Gasteiger partial charge in [-0.05, 0) is 36.2 Å². The van der Waals surface area contributed by atoms with E-state index in [1.165, 1.54) is 11.6 Å². The molecule has 7 heteroatoms. The van der Waals surface area contributed by atoms with E-state index < -0.39 is 0 Å². The largest absolute Gasteiger partial charge is 0.356 e. The number of carbonyl (C=O) groups is 2. The standard InChI is InChI=1S/C21H22ClN3O2S/c1-14(26)24-18(15-8-10-16(22)11-9-15)13-20(27)23-12-4-7-21-25-17-5-2-3-6-19(17)28-21/h2-3,5-6,8-11,18H,4,7,12-13H2,1H3,(H,23,27)(H,24,26). The van der Waals surface area contributed by atoms with E-state index in [9.17, 15) is 9.59 Å². The van der Waals surface area contributed by atoms with Crippen molar-refractivity contribution in [2.75, 3.05) is 6.54 Å². The van der Waals surface area contributed by atoms with E-state index in [1.807, 2.05) is 30.3 Å². The third kappa shape index (κ3) is 5.78. The molecule has 2 N–H and O–H groups in total. The van der Waals surface area contributed by atoms with Crippen LogP contribution in [0.2, 0.25) is 5.02 Å². The summed E-state index contributed by atoms with van der Waals surface area (Å²) in [6.45, 7) is 2.01. The van der Waals surface area contributed by atoms with Crippen LogP contribution in [0.3, 0.4) is 0 Å². The lowest BCUT2D eigenvalue weighted by molar-refractivity contribution is -0.122. The van der Waals surface area contributed by atoms with Gasteiger partial charge in [0.25, 0.3) is 0 Å². The van der Waals surface area contributed by atoms with Crippen LogP contribution in [-0.2, 0) is 16.0 Å². The molecule has 1 aromatic heterocycles. The molecule has 28 heavy (non-hydrogen) atoms. The van der Waals surface area contributed by atoms with Gasteiger partial charge in [0, 0.05) is 24.9 Å². The Morgan fingerprint density at radius 3 is 2.61 bits per heavy atom. The van der Waals surface area contributed by atoms with Crippen molar-refractivity contribution in [3.63, 3.8) is 0 Å². The van der Waals surface area contributed by atoms with Crippen LogP contribution in [0.1, 0.15) is 36.4 Å². The maximum absolute atomic E-state index is 12.3. The lowest BCUT2D eigenvalue weighted by Crippen LogP contribution is -2.33. The van der Waals surface area contributed by atoms with Crippen LogP contribution >= 0.6 is 22.9 Å². The summed E-state index contributed by atoms with van der Waals surface area (Å²) >= 11 is 7.61. The molecule has 146 valence electrons. The maximum Gasteiger partial charge on any atom is 0.222 e. The van der Waals surface area contributed by atoms with Crippen molar-refractivity contribution in [3.05, 3.63) is 64.1 Å². The lowest BCUT2D eigenvalue weighted by atomic mass is 10.0. The fourth-order valence-electron chi connectivity index (χ4n) is 2.94. The molecule has 0 fully saturated rings. The van der Waals surface area contributed by atoms with Gasteiger partial charge in [-0.3, -0.25) is 9.59 Å². The monoisotopic (exact) mass is 415 g/mol. The molecule has 0 aliphatic heterocycles. The molecule has 1 atom stereocenters. The minimum atomic E-state index is -0.376. The molecule has 0 aliphatic carbocycles. The van der Waals surface area contributed by atoms with Crippen LogP contribution in [0, 0.1) is 0 Å². The van der Waals surface area contributed by atoms with Crippen molar-refractivity contribution < 1.29 is 9.59 Å². The number of thiazole rings is 1. The Morgan fingerprint density at radius 1 is 1.14 bits per heavy atom. The number of benzene rings is 2. The first-order valence-corrected chi connectivity index (χ1v) is 10.3. The average Bonchev–Trinajstić information content (AvgIpc) is 3.08. The van der Waals surface area contributed by atoms with Crippen molar-refractivity contribution in [3.8, 4) is 0 Å². The van der Waals surface area contributed by atoms with Gasteiger partial charge in [-0.15, -0.1) is 11.3 Å². The Balaban J connectivity index is 1.48. The fraction of sp³-hybridized carbons (Fsp3) is 0.286. The molecule has 5 nitrogen and oxygen atoms in total. The minimum absolute atomic E-state index is 0.0991. The Bertz CT molecular complexity index is 923. The molecule has 0 aliphatic rings. The number of aryl methyl sites for hydroxylation is 1. The molecular weight excluding hydrogens is 394 g/mol. The normalized spacial score (nSPS) is 11.9. The molecule has 3 rings (SSSR count). The second kappa shape index (κ2) is 9.66. The first-order chi connectivity index (χ1) is 13.5. The van der Waals surface area contributed by atoms with Gasteiger partial charge in [0.05, 0.1) is 27.7 Å². The fourth-order valence-corrected chi connectivity index (χ4v) is 4.08. The summed E-state index contributed by atoms with van der Waals surface area (Å²) in [7, 11) is 0. The first-order valence-electron chi connectivity index (χ1n) is 9.15. The van der Waals surface area contributed by atoms with Gasteiger partial charge in [-0.2, -0.15) is 0 Å². The number of para-hydroxylation sites is 1. The molecule has 0 bridgehead atoms. The molecule has 0 spiro atoms. The van der Waals surface area contributed by atoms with Gasteiger partial charge in [0.15, 0.2) is 0 Å². The smallest absolute Gasteiger partial charge is 0.222 e. The average molecular weight is 416 g/mol. The van der Waals surface area contributed by atoms with E-state index >= 15 is 0 Å². The Kier molecular flexibility index (Phi) is 7.01. The van der Waals surface area contributed by atoms with Gasteiger partial charge in [-0.1, -0.05) is 35.9 Å². The van der Waals surface area contributed by atoms with Crippen molar-refractivity contribution in [2.45, 2.75) is 32.2 Å². The molecule has 0 saturated heterocycles. The van der Waals surface area contributed by atoms with Gasteiger partial charge in [0.2, 0.25) is 11.8 Å². The van der Waals surface area contributed by atoms with E-state index in [0.29, 0.717) is 11.6 Å². The number of hydrogen-bond acceptors (Lipinski definition) is 4. The first kappa shape index (κ1) is 20.3. The van der Waals surface area contributed by atoms with Crippen LogP contribution < -0.4 is 10.6 Å². The van der Waals surface area contributed by atoms with E-state index in [1.54, 1.807) is 23.5 Å². The van der Waals surface area contributed by atoms with Gasteiger partial charge >= 0.3 is 0 Å². The third-order valence-electron chi connectivity index (χ3n) is 4.27. The summed E-state index contributed by atoms with van der Waals surface area (Å²) in [6.07, 6.45) is 1.82. The summed E-state index contributed by atoms with van der Waals surface area (Å²) in [5.74, 6) is -0.276. The number of amides is 2. The molecule has 1 heterocycles. The quantitative estimate of drug-likeness (QED) is 0.540. The number of nitrogens with one attached hydrogen (secondary N) is 2. The molecule has 1 unspecified atom stereocenters. The SMILES string of the molecule is CC(=O)NC(CC(=O)NCCCc1nc2ccccc2s1)c1ccc(Cl)cc1. The number of rotatable bonds is 8. The Hall–Kier alpha value is -2.44. The zero-order valence-electron chi connectivity index (χ0n) is 15.6. The highest BCUT2D eigenvalue weighted by Gasteiger charge is 2.17. The Labute approximate surface area is 173 Å². The lowest BCUT2D eigenvalue weighted by Gasteiger charge is -2.18. The van der Waals surface area contributed by atoms with Crippen molar-refractivity contribution in [1.29, 1.82) is 0 Å². The van der Waals surface area contributed by atoms with E-state index in [0.717, 1.165) is 28.9 Å². The number of hydrogen-bond donors (Lipinski definition) is 2. The highest BCUT2D eigenvalue weighted by atomic mass is 35.5. The molecule has 3 aromatic rings. The zero-order valence-corrected chi connectivity index (χ0v) is 17.1. The van der Waals surface area contributed by atoms with Gasteiger partial charge in [0.1, 0.15) is 0 Å². The number of aromatic nitrogens is 1. The van der Waals surface area contributed by atoms with Gasteiger partial charge in [-0.25, -0.2) is 4.98 Å². The molecule has 2 amide bonds. The summed E-state index contributed by atoms with van der Waals surface area (Å²) < 4.78 is 1.18. The van der Waals surface area contributed by atoms with Gasteiger partial charge < -0.3 is 10.6 Å². The molecule has 0 saturated carbocycles. The summed E-state index contributed by atoms with van der Waals surface area (Å²) in [5, 5.41) is 7.45. The van der Waals surface area contributed by atoms with Crippen LogP contribution in [0.5, 0.6) is 0 Å². The topological polar surface area (TPSA) is 71.1 Å². The third-order valence-corrected chi connectivity index (χ3v) is 5.62. The number of fused-ring (bicyclic) bond motifs is 1. The number of carbonyl (C=O) groups excluding carboxylic acids is 2. The second-order valence-corrected chi connectivity index (χ2v) is 8.09. The Morgan fingerprint density at radius 2 is 1.89 bits per heavy atom. The predicted octanol–water partition coefficient (Wildman–Crippen LogP) is 4.27. The van der Waals surface area contributed by atoms with Crippen molar-refractivity contribution in [2.24, 2.45) is 0 Å². The van der Waals surface area contributed by atoms with Crippen LogP contribution in [-0.4, -0.2) is 23.3 Å². The summed E-state index contributed by atoms with van der Waals surface area (Å²) in [5.41, 5.74) is 1.87. The predicted molar refractivity (Wildman–Crippen MR) is 114 cm³/mol. The van der Waals surface area contributed by atoms with E-state index in [-0.39, 0.29) is 24.3 Å². The molecule has 2 aromatic carbocycles. The van der Waals surface area contributed by atoms with Crippen LogP contribution in [0.25, 0.3) is 10.2 Å². The second-order valence-electron chi connectivity index (χ2n) is 6.54. The highest BCUT2D eigenvalue weighted by molar-refractivity contribution is 7.18. The minimum Gasteiger partial charge on any atom is -0.356 e. The maximum atomic E-state index is 12.3. The van der Waals surface area contributed by atoms with Crippen molar-refractivity contribution in [1.82, 2.24) is 15.6 Å². The molecule has 0 radical (unpaired) electrons. The highest BCUT2D eigenvalue weighted by Crippen LogP contribution is 2.22. The number of halogens is 1. The zero-order chi connectivity index (χ0) is 19.9. The summed E-state index contributed by atoms with van der Waals surface area (Å²) in [6, 6.07) is 14.8. The van der Waals surface area contributed by atoms with E-state index in [2.05, 4.69) is 21.7 Å². The van der Waals surface area contributed by atoms with E-state index in [4.69, 9.17) is 11.6 Å². The molecular formula is C21H22ClN3O2S. The van der Waals surface area contributed by atoms with Crippen LogP contribution in [0.4, 0.5) is 0 Å². The number of nitrogens with zero attached hydrogens (tertiary/aromatic N) is 1. The van der Waals surface area contributed by atoms with Crippen molar-refractivity contribution >= 4 is 45.0 Å². The summed E-state index contributed by atoms with van der Waals surface area (Å²) in [4.78, 5) is 28.4. The van der Waals surface area contributed by atoms with Crippen LogP contribution in [0.15, 0.2) is 48.5 Å².